The van der Waals surface area contributed by atoms with E-state index in [2.05, 4.69) is 15.4 Å². The van der Waals surface area contributed by atoms with E-state index in [0.717, 1.165) is 30.4 Å². The first kappa shape index (κ1) is 25.7. The fourth-order valence-corrected chi connectivity index (χ4v) is 5.09. The molecule has 1 amide bonds. The minimum atomic E-state index is -4.54. The van der Waals surface area contributed by atoms with E-state index in [0.29, 0.717) is 18.4 Å². The lowest BCUT2D eigenvalue weighted by molar-refractivity contribution is -0.137. The zero-order valence-corrected chi connectivity index (χ0v) is 20.4. The molecule has 1 saturated heterocycles. The highest BCUT2D eigenvalue weighted by Gasteiger charge is 2.31. The summed E-state index contributed by atoms with van der Waals surface area (Å²) in [6.45, 7) is 3.95. The molecule has 4 rings (SSSR count). The number of hydrogen-bond acceptors (Lipinski definition) is 7. The molecule has 14 heteroatoms. The number of anilines is 2. The third kappa shape index (κ3) is 5.87. The van der Waals surface area contributed by atoms with E-state index in [-0.39, 0.29) is 36.5 Å². The zero-order valence-electron chi connectivity index (χ0n) is 19.5. The van der Waals surface area contributed by atoms with E-state index in [4.69, 9.17) is 4.42 Å². The first-order chi connectivity index (χ1) is 16.9. The Kier molecular flexibility index (Phi) is 7.09. The van der Waals surface area contributed by atoms with Gasteiger partial charge in [0, 0.05) is 25.0 Å². The van der Waals surface area contributed by atoms with Crippen molar-refractivity contribution in [2.75, 3.05) is 18.4 Å². The maximum absolute atomic E-state index is 13.0. The van der Waals surface area contributed by atoms with Crippen LogP contribution in [0.15, 0.2) is 41.3 Å². The summed E-state index contributed by atoms with van der Waals surface area (Å²) in [5.74, 6) is -1.02. The third-order valence-electron chi connectivity index (χ3n) is 5.87. The first-order valence-corrected chi connectivity index (χ1v) is 12.6. The van der Waals surface area contributed by atoms with Crippen molar-refractivity contribution >= 4 is 27.8 Å². The number of amides is 1. The summed E-state index contributed by atoms with van der Waals surface area (Å²) in [6.07, 6.45) is 1.91. The van der Waals surface area contributed by atoms with Crippen LogP contribution in [0.1, 0.15) is 52.5 Å². The van der Waals surface area contributed by atoms with Gasteiger partial charge >= 0.3 is 16.4 Å². The van der Waals surface area contributed by atoms with Crippen molar-refractivity contribution in [1.82, 2.24) is 23.8 Å². The maximum Gasteiger partial charge on any atom is 0.416 e. The molecule has 2 aromatic heterocycles. The Labute approximate surface area is 205 Å². The molecule has 10 nitrogen and oxygen atoms in total. The number of rotatable bonds is 6. The summed E-state index contributed by atoms with van der Waals surface area (Å²) in [7, 11) is -4.16. The van der Waals surface area contributed by atoms with Gasteiger partial charge in [-0.3, -0.25) is 9.48 Å². The Morgan fingerprint density at radius 2 is 1.97 bits per heavy atom. The van der Waals surface area contributed by atoms with E-state index in [1.165, 1.54) is 10.4 Å². The summed E-state index contributed by atoms with van der Waals surface area (Å²) in [5, 5.41) is 6.90. The van der Waals surface area contributed by atoms with E-state index < -0.39 is 27.9 Å². The van der Waals surface area contributed by atoms with Crippen molar-refractivity contribution in [3.63, 3.8) is 0 Å². The number of alkyl halides is 3. The van der Waals surface area contributed by atoms with Crippen LogP contribution in [0, 0.1) is 13.8 Å². The van der Waals surface area contributed by atoms with E-state index in [9.17, 15) is 26.4 Å². The maximum atomic E-state index is 13.0. The van der Waals surface area contributed by atoms with Gasteiger partial charge in [-0.05, 0) is 56.4 Å². The first-order valence-electron chi connectivity index (χ1n) is 11.2. The number of nitrogens with one attached hydrogen (secondary N) is 2. The Balaban J connectivity index is 1.40. The van der Waals surface area contributed by atoms with Crippen LogP contribution in [0.4, 0.5) is 24.9 Å². The lowest BCUT2D eigenvalue weighted by Gasteiger charge is -2.20. The van der Waals surface area contributed by atoms with Crippen LogP contribution >= 0.6 is 0 Å². The number of aromatic nitrogens is 3. The number of carbonyl (C=O) groups excluding carboxylic acids is 1. The van der Waals surface area contributed by atoms with Crippen molar-refractivity contribution in [1.29, 1.82) is 0 Å². The summed E-state index contributed by atoms with van der Waals surface area (Å²) in [5.41, 5.74) is 0.372. The van der Waals surface area contributed by atoms with Gasteiger partial charge in [-0.25, -0.2) is 4.72 Å². The molecule has 1 aliphatic heterocycles. The van der Waals surface area contributed by atoms with Crippen LogP contribution in [0.3, 0.4) is 0 Å². The average molecular weight is 527 g/mol. The Hall–Kier alpha value is -3.39. The number of nitrogens with zero attached hydrogens (tertiary/aromatic N) is 4. The number of halogens is 3. The van der Waals surface area contributed by atoms with Crippen molar-refractivity contribution in [3.8, 4) is 0 Å². The molecule has 1 aliphatic rings. The molecule has 1 fully saturated rings. The third-order valence-corrected chi connectivity index (χ3v) is 7.35. The van der Waals surface area contributed by atoms with Gasteiger partial charge in [0.1, 0.15) is 6.26 Å². The van der Waals surface area contributed by atoms with Gasteiger partial charge in [-0.2, -0.15) is 36.0 Å². The van der Waals surface area contributed by atoms with Gasteiger partial charge in [-0.1, -0.05) is 6.07 Å². The van der Waals surface area contributed by atoms with Gasteiger partial charge in [0.05, 0.1) is 17.8 Å². The van der Waals surface area contributed by atoms with Crippen LogP contribution in [0.5, 0.6) is 0 Å². The molecule has 0 bridgehead atoms. The lowest BCUT2D eigenvalue weighted by Crippen LogP contribution is -2.44. The van der Waals surface area contributed by atoms with Gasteiger partial charge < -0.3 is 9.73 Å². The molecular formula is C22H25F3N6O4S. The topological polar surface area (TPSA) is 122 Å². The normalized spacial score (nSPS) is 17.5. The highest BCUT2D eigenvalue weighted by molar-refractivity contribution is 7.87. The fourth-order valence-electron chi connectivity index (χ4n) is 3.91. The molecule has 2 N–H and O–H groups in total. The molecule has 1 atom stereocenters. The van der Waals surface area contributed by atoms with Crippen LogP contribution in [-0.4, -0.2) is 46.5 Å². The fraction of sp³-hybridized carbons (Fsp3) is 0.409. The second-order valence-corrected chi connectivity index (χ2v) is 10.3. The van der Waals surface area contributed by atoms with E-state index >= 15 is 0 Å². The summed E-state index contributed by atoms with van der Waals surface area (Å²) < 4.78 is 74.8. The minimum absolute atomic E-state index is 0.0538. The van der Waals surface area contributed by atoms with E-state index in [1.54, 1.807) is 13.1 Å². The monoisotopic (exact) mass is 526 g/mol. The van der Waals surface area contributed by atoms with Gasteiger partial charge in [0.25, 0.3) is 11.9 Å². The van der Waals surface area contributed by atoms with Crippen molar-refractivity contribution in [3.05, 3.63) is 59.2 Å². The molecule has 0 aliphatic carbocycles. The Morgan fingerprint density at radius 1 is 1.19 bits per heavy atom. The molecule has 0 saturated carbocycles. The highest BCUT2D eigenvalue weighted by atomic mass is 32.2. The molecular weight excluding hydrogens is 501 g/mol. The molecule has 0 spiro atoms. The predicted octanol–water partition coefficient (Wildman–Crippen LogP) is 3.95. The molecule has 0 radical (unpaired) electrons. The molecule has 3 heterocycles. The van der Waals surface area contributed by atoms with Gasteiger partial charge in [-0.15, -0.1) is 0 Å². The van der Waals surface area contributed by atoms with Crippen LogP contribution < -0.4 is 10.0 Å². The van der Waals surface area contributed by atoms with Gasteiger partial charge in [0.2, 0.25) is 0 Å². The standard InChI is InChI=1S/C22H25F3N6O4S/c1-14-11-26-31(12-14)17-4-3-8-30(9-7-17)36(33,34)29-20(32)19-13-35-21(28-19)27-18-10-16(22(23,24)25)6-5-15(18)2/h5-6,10-13,17H,3-4,7-9H2,1-2H3,(H,27,28)(H,29,32). The molecule has 1 aromatic carbocycles. The number of oxazole rings is 1. The Bertz CT molecular complexity index is 1350. The van der Waals surface area contributed by atoms with Crippen molar-refractivity contribution < 1.29 is 30.8 Å². The van der Waals surface area contributed by atoms with Crippen LogP contribution in [0.25, 0.3) is 0 Å². The minimum Gasteiger partial charge on any atom is -0.431 e. The SMILES string of the molecule is Cc1cnn(C2CCCN(S(=O)(=O)NC(=O)c3coc(Nc4cc(C(F)(F)F)ccc4C)n3)CC2)c1. The molecule has 194 valence electrons. The number of hydrogen-bond donors (Lipinski definition) is 2. The second-order valence-electron chi connectivity index (χ2n) is 8.61. The average Bonchev–Trinajstić information content (AvgIpc) is 3.36. The Morgan fingerprint density at radius 3 is 2.67 bits per heavy atom. The molecule has 1 unspecified atom stereocenters. The molecule has 3 aromatic rings. The van der Waals surface area contributed by atoms with Crippen molar-refractivity contribution in [2.45, 2.75) is 45.3 Å². The highest BCUT2D eigenvalue weighted by Crippen LogP contribution is 2.33. The van der Waals surface area contributed by atoms with Gasteiger partial charge in [0.15, 0.2) is 5.69 Å². The molecule has 36 heavy (non-hydrogen) atoms. The predicted molar refractivity (Wildman–Crippen MR) is 124 cm³/mol. The zero-order chi connectivity index (χ0) is 26.1. The summed E-state index contributed by atoms with van der Waals surface area (Å²) in [6, 6.07) is 2.92. The lowest BCUT2D eigenvalue weighted by atomic mass is 10.1. The number of aryl methyl sites for hydroxylation is 2. The van der Waals surface area contributed by atoms with Crippen molar-refractivity contribution in [2.24, 2.45) is 0 Å². The second kappa shape index (κ2) is 9.93. The summed E-state index contributed by atoms with van der Waals surface area (Å²) >= 11 is 0. The number of carbonyl (C=O) groups is 1. The summed E-state index contributed by atoms with van der Waals surface area (Å²) in [4.78, 5) is 16.4. The largest absolute Gasteiger partial charge is 0.431 e. The van der Waals surface area contributed by atoms with Crippen LogP contribution in [0.2, 0.25) is 0 Å². The van der Waals surface area contributed by atoms with Crippen LogP contribution in [-0.2, 0) is 16.4 Å². The quantitative estimate of drug-likeness (QED) is 0.499. The number of benzene rings is 1. The van der Waals surface area contributed by atoms with E-state index in [1.807, 2.05) is 22.5 Å². The smallest absolute Gasteiger partial charge is 0.416 e.